The minimum Gasteiger partial charge on any atom is -0.493 e. The van der Waals surface area contributed by atoms with Gasteiger partial charge in [0.05, 0.1) is 12.5 Å². The summed E-state index contributed by atoms with van der Waals surface area (Å²) < 4.78 is 5.73. The van der Waals surface area contributed by atoms with E-state index in [1.54, 1.807) is 24.3 Å². The molecule has 0 spiro atoms. The highest BCUT2D eigenvalue weighted by Gasteiger charge is 2.19. The van der Waals surface area contributed by atoms with Gasteiger partial charge in [-0.1, -0.05) is 41.4 Å². The Labute approximate surface area is 135 Å². The fourth-order valence-corrected chi connectivity index (χ4v) is 2.50. The van der Waals surface area contributed by atoms with Crippen molar-refractivity contribution < 1.29 is 14.6 Å². The minimum absolute atomic E-state index is 0.351. The lowest BCUT2D eigenvalue weighted by Gasteiger charge is -2.15. The van der Waals surface area contributed by atoms with Crippen LogP contribution in [0.4, 0.5) is 0 Å². The SMILES string of the molecule is Cc1ccc(OCCC(C(=O)O)c2ccc(Cl)cc2)c(C)c1. The Balaban J connectivity index is 2.00. The Bertz CT molecular complexity index is 650. The third-order valence-corrected chi connectivity index (χ3v) is 3.82. The summed E-state index contributed by atoms with van der Waals surface area (Å²) in [7, 11) is 0. The second-order valence-corrected chi connectivity index (χ2v) is 5.78. The highest BCUT2D eigenvalue weighted by Crippen LogP contribution is 2.24. The third kappa shape index (κ3) is 4.25. The molecule has 22 heavy (non-hydrogen) atoms. The number of rotatable bonds is 6. The van der Waals surface area contributed by atoms with Gasteiger partial charge < -0.3 is 9.84 Å². The van der Waals surface area contributed by atoms with E-state index in [1.807, 2.05) is 32.0 Å². The highest BCUT2D eigenvalue weighted by molar-refractivity contribution is 6.30. The number of benzene rings is 2. The normalized spacial score (nSPS) is 12.0. The molecule has 2 aromatic carbocycles. The number of aryl methyl sites for hydroxylation is 2. The quantitative estimate of drug-likeness (QED) is 0.847. The van der Waals surface area contributed by atoms with Crippen LogP contribution in [-0.4, -0.2) is 17.7 Å². The van der Waals surface area contributed by atoms with Gasteiger partial charge in [0.2, 0.25) is 0 Å². The molecule has 1 unspecified atom stereocenters. The molecule has 0 fully saturated rings. The minimum atomic E-state index is -0.855. The van der Waals surface area contributed by atoms with Gasteiger partial charge >= 0.3 is 5.97 Å². The van der Waals surface area contributed by atoms with E-state index in [1.165, 1.54) is 5.56 Å². The summed E-state index contributed by atoms with van der Waals surface area (Å²) in [6.07, 6.45) is 0.407. The molecule has 1 N–H and O–H groups in total. The van der Waals surface area contributed by atoms with Crippen molar-refractivity contribution in [1.82, 2.24) is 0 Å². The van der Waals surface area contributed by atoms with Crippen LogP contribution in [0, 0.1) is 13.8 Å². The summed E-state index contributed by atoms with van der Waals surface area (Å²) in [5.74, 6) is -0.652. The van der Waals surface area contributed by atoms with E-state index in [9.17, 15) is 9.90 Å². The van der Waals surface area contributed by atoms with Crippen LogP contribution >= 0.6 is 11.6 Å². The zero-order valence-corrected chi connectivity index (χ0v) is 13.4. The van der Waals surface area contributed by atoms with Crippen LogP contribution < -0.4 is 4.74 Å². The van der Waals surface area contributed by atoms with Crippen LogP contribution in [0.15, 0.2) is 42.5 Å². The molecule has 116 valence electrons. The average molecular weight is 319 g/mol. The summed E-state index contributed by atoms with van der Waals surface area (Å²) in [5.41, 5.74) is 2.97. The Kier molecular flexibility index (Phi) is 5.45. The maximum Gasteiger partial charge on any atom is 0.311 e. The number of carboxylic acids is 1. The largest absolute Gasteiger partial charge is 0.493 e. The van der Waals surface area contributed by atoms with Gasteiger partial charge in [0.25, 0.3) is 0 Å². The molecule has 0 heterocycles. The predicted octanol–water partition coefficient (Wildman–Crippen LogP) is 4.59. The Morgan fingerprint density at radius 1 is 1.18 bits per heavy atom. The molecule has 3 nitrogen and oxygen atoms in total. The molecule has 0 aliphatic heterocycles. The second-order valence-electron chi connectivity index (χ2n) is 5.35. The number of aliphatic carboxylic acids is 1. The first kappa shape index (κ1) is 16.4. The zero-order valence-electron chi connectivity index (χ0n) is 12.7. The van der Waals surface area contributed by atoms with E-state index < -0.39 is 11.9 Å². The van der Waals surface area contributed by atoms with Crippen LogP contribution in [0.3, 0.4) is 0 Å². The lowest BCUT2D eigenvalue weighted by atomic mass is 9.96. The van der Waals surface area contributed by atoms with E-state index in [-0.39, 0.29) is 0 Å². The Morgan fingerprint density at radius 3 is 2.45 bits per heavy atom. The van der Waals surface area contributed by atoms with Crippen LogP contribution in [0.2, 0.25) is 5.02 Å². The maximum atomic E-state index is 11.5. The molecule has 0 saturated carbocycles. The molecule has 4 heteroatoms. The number of carboxylic acid groups (broad SMARTS) is 1. The Hall–Kier alpha value is -2.00. The summed E-state index contributed by atoms with van der Waals surface area (Å²) in [6.45, 7) is 4.36. The summed E-state index contributed by atoms with van der Waals surface area (Å²) in [6, 6.07) is 12.9. The van der Waals surface area contributed by atoms with Gasteiger partial charge in [0.15, 0.2) is 0 Å². The predicted molar refractivity (Wildman–Crippen MR) is 87.9 cm³/mol. The molecule has 0 aliphatic carbocycles. The molecule has 0 bridgehead atoms. The molecule has 0 amide bonds. The van der Waals surface area contributed by atoms with Crippen LogP contribution in [0.1, 0.15) is 29.0 Å². The summed E-state index contributed by atoms with van der Waals surface area (Å²) in [5, 5.41) is 9.99. The van der Waals surface area contributed by atoms with Crippen LogP contribution in [0.5, 0.6) is 5.75 Å². The number of hydrogen-bond acceptors (Lipinski definition) is 2. The molecule has 1 atom stereocenters. The monoisotopic (exact) mass is 318 g/mol. The lowest BCUT2D eigenvalue weighted by molar-refractivity contribution is -0.139. The van der Waals surface area contributed by atoms with Crippen molar-refractivity contribution in [3.05, 3.63) is 64.2 Å². The lowest BCUT2D eigenvalue weighted by Crippen LogP contribution is -2.15. The zero-order chi connectivity index (χ0) is 16.1. The van der Waals surface area contributed by atoms with Crippen molar-refractivity contribution in [3.63, 3.8) is 0 Å². The molecule has 0 aliphatic rings. The molecule has 2 aromatic rings. The van der Waals surface area contributed by atoms with Gasteiger partial charge in [-0.2, -0.15) is 0 Å². The topological polar surface area (TPSA) is 46.5 Å². The van der Waals surface area contributed by atoms with E-state index in [2.05, 4.69) is 0 Å². The van der Waals surface area contributed by atoms with Gasteiger partial charge in [-0.05, 0) is 49.6 Å². The van der Waals surface area contributed by atoms with Crippen molar-refractivity contribution in [2.75, 3.05) is 6.61 Å². The summed E-state index contributed by atoms with van der Waals surface area (Å²) >= 11 is 5.84. The van der Waals surface area contributed by atoms with Gasteiger partial charge in [-0.3, -0.25) is 4.79 Å². The second kappa shape index (κ2) is 7.32. The van der Waals surface area contributed by atoms with Crippen molar-refractivity contribution in [1.29, 1.82) is 0 Å². The van der Waals surface area contributed by atoms with E-state index in [4.69, 9.17) is 16.3 Å². The first-order chi connectivity index (χ1) is 10.5. The molecule has 0 saturated heterocycles. The molecular weight excluding hydrogens is 300 g/mol. The van der Waals surface area contributed by atoms with Gasteiger partial charge in [0, 0.05) is 5.02 Å². The standard InChI is InChI=1S/C18H19ClO3/c1-12-3-8-17(13(2)11-12)22-10-9-16(18(20)21)14-4-6-15(19)7-5-14/h3-8,11,16H,9-10H2,1-2H3,(H,20,21). The van der Waals surface area contributed by atoms with E-state index in [0.29, 0.717) is 18.1 Å². The number of halogens is 1. The van der Waals surface area contributed by atoms with Crippen molar-refractivity contribution >= 4 is 17.6 Å². The fourth-order valence-electron chi connectivity index (χ4n) is 2.38. The smallest absolute Gasteiger partial charge is 0.311 e. The first-order valence-corrected chi connectivity index (χ1v) is 7.53. The highest BCUT2D eigenvalue weighted by atomic mass is 35.5. The maximum absolute atomic E-state index is 11.5. The van der Waals surface area contributed by atoms with Crippen molar-refractivity contribution in [2.45, 2.75) is 26.2 Å². The van der Waals surface area contributed by atoms with Gasteiger partial charge in [-0.15, -0.1) is 0 Å². The molecular formula is C18H19ClO3. The third-order valence-electron chi connectivity index (χ3n) is 3.56. The number of carbonyl (C=O) groups is 1. The van der Waals surface area contributed by atoms with Gasteiger partial charge in [-0.25, -0.2) is 0 Å². The molecule has 2 rings (SSSR count). The summed E-state index contributed by atoms with van der Waals surface area (Å²) in [4.78, 5) is 11.5. The average Bonchev–Trinajstić information content (AvgIpc) is 2.46. The van der Waals surface area contributed by atoms with Crippen LogP contribution in [0.25, 0.3) is 0 Å². The number of ether oxygens (including phenoxy) is 1. The fraction of sp³-hybridized carbons (Fsp3) is 0.278. The molecule has 0 radical (unpaired) electrons. The van der Waals surface area contributed by atoms with Crippen molar-refractivity contribution in [3.8, 4) is 5.75 Å². The van der Waals surface area contributed by atoms with Gasteiger partial charge in [0.1, 0.15) is 5.75 Å². The first-order valence-electron chi connectivity index (χ1n) is 7.15. The number of hydrogen-bond donors (Lipinski definition) is 1. The van der Waals surface area contributed by atoms with Crippen molar-refractivity contribution in [2.24, 2.45) is 0 Å². The van der Waals surface area contributed by atoms with Crippen LogP contribution in [-0.2, 0) is 4.79 Å². The Morgan fingerprint density at radius 2 is 1.86 bits per heavy atom. The molecule has 0 aromatic heterocycles. The van der Waals surface area contributed by atoms with E-state index >= 15 is 0 Å². The van der Waals surface area contributed by atoms with E-state index in [0.717, 1.165) is 16.9 Å².